The molecule has 2 aromatic rings. The third-order valence-corrected chi connectivity index (χ3v) is 3.93. The first-order valence-electron chi connectivity index (χ1n) is 5.29. The summed E-state index contributed by atoms with van der Waals surface area (Å²) in [4.78, 5) is 0. The summed E-state index contributed by atoms with van der Waals surface area (Å²) in [5.74, 6) is -1.25. The third-order valence-electron chi connectivity index (χ3n) is 2.23. The van der Waals surface area contributed by atoms with Crippen molar-refractivity contribution in [3.8, 4) is 0 Å². The zero-order chi connectivity index (χ0) is 13.1. The van der Waals surface area contributed by atoms with Crippen molar-refractivity contribution in [3.05, 3.63) is 38.3 Å². The number of aromatic nitrogens is 2. The molecule has 0 spiro atoms. The highest BCUT2D eigenvalue weighted by Crippen LogP contribution is 2.27. The number of hydrogen-bond acceptors (Lipinski definition) is 4. The predicted molar refractivity (Wildman–Crippen MR) is 70.7 cm³/mol. The van der Waals surface area contributed by atoms with E-state index in [1.165, 1.54) is 17.4 Å². The molecule has 1 aromatic heterocycles. The molecule has 0 radical (unpaired) electrons. The van der Waals surface area contributed by atoms with Crippen LogP contribution in [0, 0.1) is 11.6 Å². The summed E-state index contributed by atoms with van der Waals surface area (Å²) in [5, 5.41) is 12.5. The van der Waals surface area contributed by atoms with Crippen LogP contribution in [0.2, 0.25) is 0 Å². The largest absolute Gasteiger partial charge is 0.375 e. The van der Waals surface area contributed by atoms with E-state index in [9.17, 15) is 8.78 Å². The summed E-state index contributed by atoms with van der Waals surface area (Å²) < 4.78 is 26.8. The molecular weight excluding hydrogens is 324 g/mol. The van der Waals surface area contributed by atoms with Gasteiger partial charge >= 0.3 is 0 Å². The number of benzene rings is 1. The van der Waals surface area contributed by atoms with Crippen LogP contribution in [0.4, 0.5) is 14.5 Å². The fraction of sp³-hybridized carbons (Fsp3) is 0.273. The Bertz CT molecular complexity index is 536. The van der Waals surface area contributed by atoms with Crippen molar-refractivity contribution in [2.24, 2.45) is 0 Å². The second-order valence-electron chi connectivity index (χ2n) is 3.54. The van der Waals surface area contributed by atoms with E-state index >= 15 is 0 Å². The monoisotopic (exact) mass is 333 g/mol. The number of hydrogen-bond donors (Lipinski definition) is 1. The van der Waals surface area contributed by atoms with Crippen LogP contribution in [0.25, 0.3) is 0 Å². The number of rotatable bonds is 4. The van der Waals surface area contributed by atoms with Crippen molar-refractivity contribution in [2.45, 2.75) is 19.9 Å². The Hall–Kier alpha value is -1.08. The lowest BCUT2D eigenvalue weighted by Gasteiger charge is -2.08. The van der Waals surface area contributed by atoms with Crippen molar-refractivity contribution < 1.29 is 8.78 Å². The summed E-state index contributed by atoms with van der Waals surface area (Å²) >= 11 is 4.59. The molecule has 0 amide bonds. The Kier molecular flexibility index (Phi) is 4.23. The molecule has 1 aromatic carbocycles. The van der Waals surface area contributed by atoms with Crippen LogP contribution in [-0.4, -0.2) is 10.2 Å². The van der Waals surface area contributed by atoms with Crippen LogP contribution in [0.3, 0.4) is 0 Å². The number of aryl methyl sites for hydroxylation is 1. The maximum absolute atomic E-state index is 13.5. The van der Waals surface area contributed by atoms with Gasteiger partial charge in [-0.05, 0) is 28.4 Å². The van der Waals surface area contributed by atoms with E-state index in [-0.39, 0.29) is 5.69 Å². The van der Waals surface area contributed by atoms with Gasteiger partial charge in [0.1, 0.15) is 21.6 Å². The smallest absolute Gasteiger partial charge is 0.150 e. The molecule has 0 aliphatic rings. The van der Waals surface area contributed by atoms with Crippen LogP contribution in [0.15, 0.2) is 16.6 Å². The van der Waals surface area contributed by atoms with Gasteiger partial charge in [0.2, 0.25) is 0 Å². The van der Waals surface area contributed by atoms with E-state index in [0.29, 0.717) is 11.0 Å². The molecule has 0 fully saturated rings. The summed E-state index contributed by atoms with van der Waals surface area (Å²) in [7, 11) is 0. The number of nitrogens with one attached hydrogen (secondary N) is 1. The van der Waals surface area contributed by atoms with Gasteiger partial charge in [0.25, 0.3) is 0 Å². The summed E-state index contributed by atoms with van der Waals surface area (Å²) in [5.41, 5.74) is 0.227. The van der Waals surface area contributed by atoms with Gasteiger partial charge in [-0.2, -0.15) is 0 Å². The quantitative estimate of drug-likeness (QED) is 0.925. The Morgan fingerprint density at radius 1 is 1.28 bits per heavy atom. The third kappa shape index (κ3) is 3.02. The van der Waals surface area contributed by atoms with Gasteiger partial charge in [-0.25, -0.2) is 8.78 Å². The Balaban J connectivity index is 2.10. The second-order valence-corrected chi connectivity index (χ2v) is 5.54. The highest BCUT2D eigenvalue weighted by molar-refractivity contribution is 9.10. The normalized spacial score (nSPS) is 10.7. The molecule has 0 saturated heterocycles. The van der Waals surface area contributed by atoms with E-state index in [2.05, 4.69) is 31.4 Å². The first kappa shape index (κ1) is 13.4. The van der Waals surface area contributed by atoms with Crippen LogP contribution < -0.4 is 5.32 Å². The minimum absolute atomic E-state index is 0.227. The number of nitrogens with zero attached hydrogens (tertiary/aromatic N) is 2. The van der Waals surface area contributed by atoms with Crippen molar-refractivity contribution in [3.63, 3.8) is 0 Å². The van der Waals surface area contributed by atoms with E-state index < -0.39 is 11.6 Å². The van der Waals surface area contributed by atoms with Crippen molar-refractivity contribution in [1.29, 1.82) is 0 Å². The van der Waals surface area contributed by atoms with Crippen LogP contribution in [0.1, 0.15) is 16.9 Å². The lowest BCUT2D eigenvalue weighted by Crippen LogP contribution is -2.02. The molecule has 2 rings (SSSR count). The van der Waals surface area contributed by atoms with Gasteiger partial charge in [0.15, 0.2) is 0 Å². The van der Waals surface area contributed by atoms with Crippen LogP contribution >= 0.6 is 27.3 Å². The van der Waals surface area contributed by atoms with Gasteiger partial charge in [-0.15, -0.1) is 10.2 Å². The van der Waals surface area contributed by atoms with E-state index in [0.717, 1.165) is 22.5 Å². The highest BCUT2D eigenvalue weighted by atomic mass is 79.9. The zero-order valence-electron chi connectivity index (χ0n) is 9.51. The topological polar surface area (TPSA) is 37.8 Å². The standard InChI is InChI=1S/C11H10BrF2N3S/c1-2-9-16-17-10(18-9)5-15-11-7(12)3-6(13)4-8(11)14/h3-4,15H,2,5H2,1H3. The van der Waals surface area contributed by atoms with E-state index in [1.54, 1.807) is 0 Å². The number of halogens is 3. The minimum atomic E-state index is -0.637. The summed E-state index contributed by atoms with van der Waals surface area (Å²) in [6, 6.07) is 2.05. The predicted octanol–water partition coefficient (Wildman–Crippen LogP) is 3.75. The fourth-order valence-electron chi connectivity index (χ4n) is 1.38. The second kappa shape index (κ2) is 5.71. The first-order chi connectivity index (χ1) is 8.60. The summed E-state index contributed by atoms with van der Waals surface area (Å²) in [6.45, 7) is 2.35. The molecule has 0 aliphatic heterocycles. The average Bonchev–Trinajstić information content (AvgIpc) is 2.75. The van der Waals surface area contributed by atoms with E-state index in [4.69, 9.17) is 0 Å². The molecule has 1 N–H and O–H groups in total. The lowest BCUT2D eigenvalue weighted by molar-refractivity contribution is 0.583. The van der Waals surface area contributed by atoms with Gasteiger partial charge in [0, 0.05) is 10.5 Å². The minimum Gasteiger partial charge on any atom is -0.375 e. The maximum atomic E-state index is 13.5. The fourth-order valence-corrected chi connectivity index (χ4v) is 2.65. The molecule has 18 heavy (non-hydrogen) atoms. The van der Waals surface area contributed by atoms with Crippen LogP contribution in [0.5, 0.6) is 0 Å². The summed E-state index contributed by atoms with van der Waals surface area (Å²) in [6.07, 6.45) is 0.826. The first-order valence-corrected chi connectivity index (χ1v) is 6.90. The average molecular weight is 334 g/mol. The molecule has 96 valence electrons. The van der Waals surface area contributed by atoms with E-state index in [1.807, 2.05) is 6.92 Å². The van der Waals surface area contributed by atoms with Gasteiger partial charge in [-0.1, -0.05) is 18.3 Å². The Morgan fingerprint density at radius 3 is 2.61 bits per heavy atom. The zero-order valence-corrected chi connectivity index (χ0v) is 11.9. The van der Waals surface area contributed by atoms with Crippen molar-refractivity contribution >= 4 is 33.0 Å². The van der Waals surface area contributed by atoms with Gasteiger partial charge in [-0.3, -0.25) is 0 Å². The molecule has 0 atom stereocenters. The maximum Gasteiger partial charge on any atom is 0.150 e. The Labute approximate surface area is 115 Å². The molecule has 0 unspecified atom stereocenters. The van der Waals surface area contributed by atoms with Crippen molar-refractivity contribution in [2.75, 3.05) is 5.32 Å². The molecule has 0 aliphatic carbocycles. The van der Waals surface area contributed by atoms with Gasteiger partial charge < -0.3 is 5.32 Å². The highest BCUT2D eigenvalue weighted by Gasteiger charge is 2.10. The van der Waals surface area contributed by atoms with Gasteiger partial charge in [0.05, 0.1) is 12.2 Å². The lowest BCUT2D eigenvalue weighted by atomic mass is 10.3. The van der Waals surface area contributed by atoms with Crippen molar-refractivity contribution in [1.82, 2.24) is 10.2 Å². The molecule has 0 bridgehead atoms. The molecular formula is C11H10BrF2N3S. The van der Waals surface area contributed by atoms with Crippen LogP contribution in [-0.2, 0) is 13.0 Å². The molecule has 0 saturated carbocycles. The molecule has 1 heterocycles. The Morgan fingerprint density at radius 2 is 2.00 bits per heavy atom. The SMILES string of the molecule is CCc1nnc(CNc2c(F)cc(F)cc2Br)s1. The molecule has 3 nitrogen and oxygen atoms in total. The molecule has 7 heteroatoms. The number of anilines is 1.